The summed E-state index contributed by atoms with van der Waals surface area (Å²) in [7, 11) is 0. The van der Waals surface area contributed by atoms with E-state index in [0.717, 1.165) is 35.1 Å². The van der Waals surface area contributed by atoms with Crippen LogP contribution in [0.1, 0.15) is 39.3 Å². The van der Waals surface area contributed by atoms with E-state index in [1.54, 1.807) is 17.2 Å². The molecule has 1 saturated heterocycles. The van der Waals surface area contributed by atoms with E-state index in [9.17, 15) is 4.79 Å². The first kappa shape index (κ1) is 28.4. The molecule has 9 nitrogen and oxygen atoms in total. The van der Waals surface area contributed by atoms with Crippen molar-refractivity contribution in [1.29, 1.82) is 0 Å². The number of benzene rings is 2. The third-order valence-electron chi connectivity index (χ3n) is 6.57. The molecule has 0 spiro atoms. The van der Waals surface area contributed by atoms with Crippen LogP contribution in [-0.4, -0.2) is 51.2 Å². The average molecular weight is 576 g/mol. The maximum absolute atomic E-state index is 12.6. The Morgan fingerprint density at radius 2 is 1.93 bits per heavy atom. The summed E-state index contributed by atoms with van der Waals surface area (Å²) in [4.78, 5) is 27.6. The second-order valence-corrected chi connectivity index (χ2v) is 11.4. The highest BCUT2D eigenvalue weighted by Crippen LogP contribution is 2.34. The Kier molecular flexibility index (Phi) is 8.73. The summed E-state index contributed by atoms with van der Waals surface area (Å²) in [5.74, 6) is 2.02. The van der Waals surface area contributed by atoms with Gasteiger partial charge in [-0.15, -0.1) is 0 Å². The lowest BCUT2D eigenvalue weighted by atomic mass is 9.99. The average Bonchev–Trinajstić information content (AvgIpc) is 2.95. The molecular weight excluding hydrogens is 542 g/mol. The van der Waals surface area contributed by atoms with E-state index >= 15 is 0 Å². The molecule has 1 aliphatic rings. The molecule has 1 fully saturated rings. The zero-order valence-corrected chi connectivity index (χ0v) is 24.2. The van der Waals surface area contributed by atoms with Crippen LogP contribution < -0.4 is 14.8 Å². The van der Waals surface area contributed by atoms with Crippen LogP contribution >= 0.6 is 11.6 Å². The van der Waals surface area contributed by atoms with Gasteiger partial charge in [-0.25, -0.2) is 14.8 Å². The van der Waals surface area contributed by atoms with Crippen LogP contribution in [0.5, 0.6) is 11.5 Å². The molecule has 214 valence electrons. The normalized spacial score (nSPS) is 15.4. The molecule has 0 aliphatic carbocycles. The number of carbonyl (C=O) groups excluding carboxylic acids is 1. The third kappa shape index (κ3) is 7.55. The largest absolute Gasteiger partial charge is 0.492 e. The van der Waals surface area contributed by atoms with Crippen LogP contribution in [0.3, 0.4) is 0 Å². The molecule has 1 aliphatic heterocycles. The van der Waals surface area contributed by atoms with Crippen molar-refractivity contribution in [2.24, 2.45) is 5.92 Å². The van der Waals surface area contributed by atoms with Gasteiger partial charge in [0.1, 0.15) is 35.9 Å². The minimum atomic E-state index is -0.524. The molecular formula is C31H34ClN5O4. The fourth-order valence-electron chi connectivity index (χ4n) is 4.66. The predicted octanol–water partition coefficient (Wildman–Crippen LogP) is 7.03. The van der Waals surface area contributed by atoms with Crippen molar-refractivity contribution in [3.8, 4) is 11.5 Å². The minimum Gasteiger partial charge on any atom is -0.492 e. The number of piperidine rings is 1. The SMILES string of the molecule is CC(C)(C)OC(=O)N1CCC[C@@H](COc2cccc3ncnc(Nc4ccc(OCc5ccccn5)c(Cl)c4)c23)C1. The Bertz CT molecular complexity index is 1490. The zero-order valence-electron chi connectivity index (χ0n) is 23.5. The standard InChI is InChI=1S/C31H34ClN5O4/c1-31(2,3)41-30(38)37-15-7-8-21(17-37)18-39-27-11-6-10-25-28(27)29(35-20-34-25)36-22-12-13-26(24(32)16-22)40-19-23-9-4-5-14-33-23/h4-6,9-14,16,20-21H,7-8,15,17-19H2,1-3H3,(H,34,35,36)/t21-/m1/s1. The number of fused-ring (bicyclic) bond motifs is 1. The van der Waals surface area contributed by atoms with Crippen LogP contribution in [0.4, 0.5) is 16.3 Å². The maximum atomic E-state index is 12.6. The number of pyridine rings is 1. The Hall–Kier alpha value is -4.11. The van der Waals surface area contributed by atoms with Crippen molar-refractivity contribution in [1.82, 2.24) is 19.9 Å². The number of nitrogens with one attached hydrogen (secondary N) is 1. The molecule has 2 aromatic carbocycles. The van der Waals surface area contributed by atoms with Crippen LogP contribution in [0.15, 0.2) is 67.1 Å². The van der Waals surface area contributed by atoms with Gasteiger partial charge in [-0.1, -0.05) is 23.7 Å². The highest BCUT2D eigenvalue weighted by Gasteiger charge is 2.28. The summed E-state index contributed by atoms with van der Waals surface area (Å²) in [6.07, 6.45) is 4.84. The number of ether oxygens (including phenoxy) is 3. The first-order chi connectivity index (χ1) is 19.7. The summed E-state index contributed by atoms with van der Waals surface area (Å²) in [6, 6.07) is 16.9. The van der Waals surface area contributed by atoms with Crippen molar-refractivity contribution < 1.29 is 19.0 Å². The van der Waals surface area contributed by atoms with Crippen LogP contribution in [0.25, 0.3) is 10.9 Å². The van der Waals surface area contributed by atoms with Gasteiger partial charge in [0.05, 0.1) is 28.2 Å². The number of likely N-dealkylation sites (tertiary alicyclic amines) is 1. The molecule has 0 radical (unpaired) electrons. The Labute approximate surface area is 244 Å². The van der Waals surface area contributed by atoms with E-state index in [2.05, 4.69) is 20.3 Å². The van der Waals surface area contributed by atoms with Gasteiger partial charge in [0.25, 0.3) is 0 Å². The highest BCUT2D eigenvalue weighted by atomic mass is 35.5. The number of amides is 1. The number of carbonyl (C=O) groups is 1. The first-order valence-corrected chi connectivity index (χ1v) is 14.1. The molecule has 0 unspecified atom stereocenters. The fraction of sp³-hybridized carbons (Fsp3) is 0.355. The van der Waals surface area contributed by atoms with E-state index in [-0.39, 0.29) is 12.0 Å². The van der Waals surface area contributed by atoms with Gasteiger partial charge in [0.2, 0.25) is 0 Å². The molecule has 0 saturated carbocycles. The number of nitrogens with zero attached hydrogens (tertiary/aromatic N) is 4. The summed E-state index contributed by atoms with van der Waals surface area (Å²) in [5, 5.41) is 4.59. The van der Waals surface area contributed by atoms with Crippen molar-refractivity contribution in [2.45, 2.75) is 45.8 Å². The van der Waals surface area contributed by atoms with Gasteiger partial charge in [-0.3, -0.25) is 4.98 Å². The van der Waals surface area contributed by atoms with Gasteiger partial charge in [0.15, 0.2) is 0 Å². The van der Waals surface area contributed by atoms with E-state index in [4.69, 9.17) is 25.8 Å². The second-order valence-electron chi connectivity index (χ2n) is 11.0. The van der Waals surface area contributed by atoms with Gasteiger partial charge >= 0.3 is 6.09 Å². The lowest BCUT2D eigenvalue weighted by molar-refractivity contribution is 0.0139. The van der Waals surface area contributed by atoms with Crippen molar-refractivity contribution in [2.75, 3.05) is 25.0 Å². The minimum absolute atomic E-state index is 0.185. The quantitative estimate of drug-likeness (QED) is 0.239. The summed E-state index contributed by atoms with van der Waals surface area (Å²) >= 11 is 6.54. The molecule has 1 N–H and O–H groups in total. The lowest BCUT2D eigenvalue weighted by Crippen LogP contribution is -2.44. The molecule has 5 rings (SSSR count). The molecule has 1 amide bonds. The summed E-state index contributed by atoms with van der Waals surface area (Å²) < 4.78 is 17.8. The summed E-state index contributed by atoms with van der Waals surface area (Å²) in [5.41, 5.74) is 1.79. The van der Waals surface area contributed by atoms with Crippen molar-refractivity contribution in [3.63, 3.8) is 0 Å². The number of aromatic nitrogens is 3. The van der Waals surface area contributed by atoms with Crippen molar-refractivity contribution >= 4 is 40.1 Å². The number of anilines is 2. The van der Waals surface area contributed by atoms with E-state index in [1.165, 1.54) is 6.33 Å². The highest BCUT2D eigenvalue weighted by molar-refractivity contribution is 6.32. The van der Waals surface area contributed by atoms with E-state index in [1.807, 2.05) is 69.3 Å². The Morgan fingerprint density at radius 3 is 2.71 bits per heavy atom. The van der Waals surface area contributed by atoms with Crippen LogP contribution in [0, 0.1) is 5.92 Å². The molecule has 4 aromatic rings. The number of halogens is 1. The molecule has 1 atom stereocenters. The number of hydrogen-bond acceptors (Lipinski definition) is 8. The summed E-state index contributed by atoms with van der Waals surface area (Å²) in [6.45, 7) is 7.70. The smallest absolute Gasteiger partial charge is 0.410 e. The topological polar surface area (TPSA) is 98.7 Å². The monoisotopic (exact) mass is 575 g/mol. The number of rotatable bonds is 8. The molecule has 10 heteroatoms. The van der Waals surface area contributed by atoms with Gasteiger partial charge in [-0.05, 0) is 76.1 Å². The Balaban J connectivity index is 1.27. The maximum Gasteiger partial charge on any atom is 0.410 e. The van der Waals surface area contributed by atoms with Crippen LogP contribution in [-0.2, 0) is 11.3 Å². The molecule has 41 heavy (non-hydrogen) atoms. The van der Waals surface area contributed by atoms with Gasteiger partial charge in [0, 0.05) is 30.9 Å². The molecule has 2 aromatic heterocycles. The third-order valence-corrected chi connectivity index (χ3v) is 6.86. The second kappa shape index (κ2) is 12.6. The lowest BCUT2D eigenvalue weighted by Gasteiger charge is -2.34. The van der Waals surface area contributed by atoms with Gasteiger partial charge in [-0.2, -0.15) is 0 Å². The fourth-order valence-corrected chi connectivity index (χ4v) is 4.90. The first-order valence-electron chi connectivity index (χ1n) is 13.7. The zero-order chi connectivity index (χ0) is 28.8. The predicted molar refractivity (Wildman–Crippen MR) is 159 cm³/mol. The van der Waals surface area contributed by atoms with Gasteiger partial charge < -0.3 is 24.4 Å². The van der Waals surface area contributed by atoms with Crippen molar-refractivity contribution in [3.05, 3.63) is 77.8 Å². The molecule has 0 bridgehead atoms. The van der Waals surface area contributed by atoms with E-state index < -0.39 is 5.60 Å². The Morgan fingerprint density at radius 1 is 1.05 bits per heavy atom. The molecule has 3 heterocycles. The van der Waals surface area contributed by atoms with E-state index in [0.29, 0.717) is 48.6 Å². The number of hydrogen-bond donors (Lipinski definition) is 1. The van der Waals surface area contributed by atoms with Crippen LogP contribution in [0.2, 0.25) is 5.02 Å².